The maximum Gasteiger partial charge on any atom is 0.137 e. The van der Waals surface area contributed by atoms with Gasteiger partial charge in [-0.3, -0.25) is 0 Å². The van der Waals surface area contributed by atoms with Gasteiger partial charge in [-0.05, 0) is 30.9 Å². The molecule has 0 unspecified atom stereocenters. The van der Waals surface area contributed by atoms with E-state index in [1.165, 1.54) is 17.7 Å². The molecule has 2 aliphatic rings. The molecule has 2 aliphatic heterocycles. The number of fused-ring (bicyclic) bond motifs is 3. The maximum atomic E-state index is 5.88. The number of rotatable bonds is 2. The number of anilines is 1. The molecule has 0 bridgehead atoms. The standard InChI is InChI=1S/C14H17NO/c1-2-8-14-9-5-10-16-13(14)15-12-7-4-3-6-11(12)14/h2-4,6-7,13,15H,1,5,8-10H2/t13-,14-/m1/s1. The molecule has 0 amide bonds. The lowest BCUT2D eigenvalue weighted by Crippen LogP contribution is -2.44. The fourth-order valence-electron chi connectivity index (χ4n) is 3.10. The summed E-state index contributed by atoms with van der Waals surface area (Å²) in [6.07, 6.45) is 5.47. The van der Waals surface area contributed by atoms with Gasteiger partial charge in [-0.25, -0.2) is 0 Å². The molecule has 0 radical (unpaired) electrons. The Kier molecular flexibility index (Phi) is 2.25. The fraction of sp³-hybridized carbons (Fsp3) is 0.429. The van der Waals surface area contributed by atoms with Crippen LogP contribution in [0.15, 0.2) is 36.9 Å². The van der Waals surface area contributed by atoms with Crippen LogP contribution in [0.4, 0.5) is 5.69 Å². The number of nitrogens with one attached hydrogen (secondary N) is 1. The predicted molar refractivity (Wildman–Crippen MR) is 65.5 cm³/mol. The zero-order valence-electron chi connectivity index (χ0n) is 9.41. The van der Waals surface area contributed by atoms with Crippen molar-refractivity contribution in [3.63, 3.8) is 0 Å². The van der Waals surface area contributed by atoms with Crippen LogP contribution in [0, 0.1) is 0 Å². The van der Waals surface area contributed by atoms with Crippen LogP contribution < -0.4 is 5.32 Å². The van der Waals surface area contributed by atoms with E-state index in [9.17, 15) is 0 Å². The van der Waals surface area contributed by atoms with Gasteiger partial charge < -0.3 is 10.1 Å². The summed E-state index contributed by atoms with van der Waals surface area (Å²) in [5, 5.41) is 3.49. The molecular weight excluding hydrogens is 198 g/mol. The summed E-state index contributed by atoms with van der Waals surface area (Å²) >= 11 is 0. The molecule has 2 atom stereocenters. The normalized spacial score (nSPS) is 31.4. The second-order valence-electron chi connectivity index (χ2n) is 4.69. The molecule has 2 heterocycles. The molecule has 2 heteroatoms. The van der Waals surface area contributed by atoms with Crippen LogP contribution in [0.5, 0.6) is 0 Å². The van der Waals surface area contributed by atoms with Gasteiger partial charge in [-0.15, -0.1) is 6.58 Å². The van der Waals surface area contributed by atoms with E-state index in [0.717, 1.165) is 19.4 Å². The Morgan fingerprint density at radius 3 is 3.25 bits per heavy atom. The molecule has 16 heavy (non-hydrogen) atoms. The highest BCUT2D eigenvalue weighted by molar-refractivity contribution is 5.61. The summed E-state index contributed by atoms with van der Waals surface area (Å²) in [5.74, 6) is 0. The van der Waals surface area contributed by atoms with Gasteiger partial charge in [-0.1, -0.05) is 24.3 Å². The van der Waals surface area contributed by atoms with E-state index in [1.54, 1.807) is 0 Å². The fourth-order valence-corrected chi connectivity index (χ4v) is 3.10. The van der Waals surface area contributed by atoms with Crippen molar-refractivity contribution in [3.8, 4) is 0 Å². The topological polar surface area (TPSA) is 21.3 Å². The van der Waals surface area contributed by atoms with E-state index in [-0.39, 0.29) is 11.6 Å². The Morgan fingerprint density at radius 2 is 2.38 bits per heavy atom. The van der Waals surface area contributed by atoms with Gasteiger partial charge in [0.05, 0.1) is 0 Å². The summed E-state index contributed by atoms with van der Waals surface area (Å²) in [6, 6.07) is 8.55. The number of para-hydroxylation sites is 1. The lowest BCUT2D eigenvalue weighted by molar-refractivity contribution is -0.0200. The Morgan fingerprint density at radius 1 is 1.50 bits per heavy atom. The summed E-state index contributed by atoms with van der Waals surface area (Å²) in [7, 11) is 0. The van der Waals surface area contributed by atoms with E-state index < -0.39 is 0 Å². The zero-order chi connectivity index (χ0) is 11.0. The predicted octanol–water partition coefficient (Wildman–Crippen LogP) is 3.06. The van der Waals surface area contributed by atoms with E-state index in [1.807, 2.05) is 6.08 Å². The first-order chi connectivity index (χ1) is 7.87. The first kappa shape index (κ1) is 9.91. The van der Waals surface area contributed by atoms with Crippen molar-refractivity contribution in [1.82, 2.24) is 0 Å². The molecule has 1 aromatic rings. The maximum absolute atomic E-state index is 5.88. The highest BCUT2D eigenvalue weighted by atomic mass is 16.5. The van der Waals surface area contributed by atoms with Gasteiger partial charge in [-0.2, -0.15) is 0 Å². The lowest BCUT2D eigenvalue weighted by atomic mass is 9.73. The van der Waals surface area contributed by atoms with Gasteiger partial charge in [0.1, 0.15) is 6.23 Å². The first-order valence-corrected chi connectivity index (χ1v) is 5.95. The summed E-state index contributed by atoms with van der Waals surface area (Å²) in [5.41, 5.74) is 2.76. The van der Waals surface area contributed by atoms with Crippen LogP contribution in [0.1, 0.15) is 24.8 Å². The molecule has 0 aliphatic carbocycles. The largest absolute Gasteiger partial charge is 0.359 e. The minimum atomic E-state index is 0.122. The molecule has 1 aromatic carbocycles. The zero-order valence-corrected chi connectivity index (χ0v) is 9.41. The molecule has 3 rings (SSSR count). The number of benzene rings is 1. The molecule has 1 fully saturated rings. The van der Waals surface area contributed by atoms with Gasteiger partial charge in [0.25, 0.3) is 0 Å². The third-order valence-electron chi connectivity index (χ3n) is 3.81. The highest BCUT2D eigenvalue weighted by Gasteiger charge is 2.48. The van der Waals surface area contributed by atoms with E-state index in [2.05, 4.69) is 36.2 Å². The number of ether oxygens (including phenoxy) is 1. The van der Waals surface area contributed by atoms with Crippen LogP contribution in [-0.4, -0.2) is 12.8 Å². The Bertz CT molecular complexity index is 415. The second kappa shape index (κ2) is 3.63. The Balaban J connectivity index is 2.09. The monoisotopic (exact) mass is 215 g/mol. The van der Waals surface area contributed by atoms with Crippen LogP contribution in [0.2, 0.25) is 0 Å². The summed E-state index contributed by atoms with van der Waals surface area (Å²) in [4.78, 5) is 0. The minimum absolute atomic E-state index is 0.122. The van der Waals surface area contributed by atoms with Crippen LogP contribution in [-0.2, 0) is 10.2 Å². The molecular formula is C14H17NO. The summed E-state index contributed by atoms with van der Waals surface area (Å²) < 4.78 is 5.88. The number of allylic oxidation sites excluding steroid dienone is 1. The van der Waals surface area contributed by atoms with Gasteiger partial charge in [0.2, 0.25) is 0 Å². The number of hydrogen-bond acceptors (Lipinski definition) is 2. The second-order valence-corrected chi connectivity index (χ2v) is 4.69. The average molecular weight is 215 g/mol. The molecule has 1 N–H and O–H groups in total. The molecule has 0 aromatic heterocycles. The third kappa shape index (κ3) is 1.23. The number of hydrogen-bond donors (Lipinski definition) is 1. The Hall–Kier alpha value is -1.28. The van der Waals surface area contributed by atoms with Gasteiger partial charge in [0.15, 0.2) is 0 Å². The third-order valence-corrected chi connectivity index (χ3v) is 3.81. The van der Waals surface area contributed by atoms with Gasteiger partial charge in [0, 0.05) is 17.7 Å². The molecule has 0 spiro atoms. The highest BCUT2D eigenvalue weighted by Crippen LogP contribution is 2.49. The van der Waals surface area contributed by atoms with Crippen molar-refractivity contribution in [3.05, 3.63) is 42.5 Å². The van der Waals surface area contributed by atoms with E-state index >= 15 is 0 Å². The quantitative estimate of drug-likeness (QED) is 0.765. The first-order valence-electron chi connectivity index (χ1n) is 5.95. The van der Waals surface area contributed by atoms with Crippen molar-refractivity contribution >= 4 is 5.69 Å². The summed E-state index contributed by atoms with van der Waals surface area (Å²) in [6.45, 7) is 4.77. The minimum Gasteiger partial charge on any atom is -0.359 e. The van der Waals surface area contributed by atoms with Crippen LogP contribution >= 0.6 is 0 Å². The van der Waals surface area contributed by atoms with Crippen LogP contribution in [0.3, 0.4) is 0 Å². The molecule has 1 saturated heterocycles. The smallest absolute Gasteiger partial charge is 0.137 e. The molecule has 0 saturated carbocycles. The molecule has 84 valence electrons. The SMILES string of the molecule is C=CC[C@]12CCCO[C@H]1Nc1ccccc12. The van der Waals surface area contributed by atoms with Crippen molar-refractivity contribution in [2.45, 2.75) is 30.9 Å². The van der Waals surface area contributed by atoms with Crippen molar-refractivity contribution in [2.75, 3.05) is 11.9 Å². The van der Waals surface area contributed by atoms with Crippen molar-refractivity contribution in [2.24, 2.45) is 0 Å². The van der Waals surface area contributed by atoms with Crippen molar-refractivity contribution < 1.29 is 4.74 Å². The van der Waals surface area contributed by atoms with E-state index in [4.69, 9.17) is 4.74 Å². The van der Waals surface area contributed by atoms with Crippen LogP contribution in [0.25, 0.3) is 0 Å². The van der Waals surface area contributed by atoms with E-state index in [0.29, 0.717) is 0 Å². The van der Waals surface area contributed by atoms with Gasteiger partial charge >= 0.3 is 0 Å². The Labute approximate surface area is 96.3 Å². The average Bonchev–Trinajstić information content (AvgIpc) is 2.64. The van der Waals surface area contributed by atoms with Crippen molar-refractivity contribution in [1.29, 1.82) is 0 Å². The molecule has 2 nitrogen and oxygen atoms in total. The lowest BCUT2D eigenvalue weighted by Gasteiger charge is -2.38.